The number of rotatable bonds is 4. The molecule has 0 fully saturated rings. The predicted octanol–water partition coefficient (Wildman–Crippen LogP) is 2.17. The lowest BCUT2D eigenvalue weighted by atomic mass is 10.2. The van der Waals surface area contributed by atoms with E-state index in [-0.39, 0.29) is 22.5 Å². The largest absolute Gasteiger partial charge is 0.417 e. The Morgan fingerprint density at radius 2 is 1.94 bits per heavy atom. The van der Waals surface area contributed by atoms with E-state index in [0.717, 1.165) is 6.07 Å². The molecule has 0 bridgehead atoms. The number of primary sulfonamides is 1. The zero-order valence-corrected chi connectivity index (χ0v) is 11.4. The van der Waals surface area contributed by atoms with Gasteiger partial charge in [0.05, 0.1) is 11.3 Å². The van der Waals surface area contributed by atoms with Crippen molar-refractivity contribution < 1.29 is 21.6 Å². The molecule has 9 heteroatoms. The van der Waals surface area contributed by atoms with Gasteiger partial charge in [0.15, 0.2) is 0 Å². The van der Waals surface area contributed by atoms with Crippen LogP contribution < -0.4 is 10.5 Å². The van der Waals surface area contributed by atoms with Crippen LogP contribution in [0.15, 0.2) is 22.7 Å². The van der Waals surface area contributed by atoms with E-state index in [1.807, 2.05) is 0 Å². The number of nitrogens with one attached hydrogen (secondary N) is 1. The molecule has 0 saturated heterocycles. The molecule has 1 rings (SSSR count). The van der Waals surface area contributed by atoms with Gasteiger partial charge >= 0.3 is 6.18 Å². The van der Waals surface area contributed by atoms with E-state index in [1.165, 1.54) is 12.1 Å². The fourth-order valence-electron chi connectivity index (χ4n) is 1.19. The van der Waals surface area contributed by atoms with Gasteiger partial charge in [0, 0.05) is 16.7 Å². The summed E-state index contributed by atoms with van der Waals surface area (Å²) in [5.74, 6) is -0.357. The van der Waals surface area contributed by atoms with Crippen LogP contribution in [0.2, 0.25) is 0 Å². The number of halogens is 4. The quantitative estimate of drug-likeness (QED) is 0.877. The highest BCUT2D eigenvalue weighted by Crippen LogP contribution is 2.36. The van der Waals surface area contributed by atoms with Crippen molar-refractivity contribution in [2.75, 3.05) is 17.6 Å². The van der Waals surface area contributed by atoms with E-state index in [0.29, 0.717) is 0 Å². The van der Waals surface area contributed by atoms with Crippen molar-refractivity contribution in [3.8, 4) is 0 Å². The molecule has 4 nitrogen and oxygen atoms in total. The van der Waals surface area contributed by atoms with Crippen molar-refractivity contribution in [1.29, 1.82) is 0 Å². The average molecular weight is 347 g/mol. The molecular weight excluding hydrogens is 337 g/mol. The van der Waals surface area contributed by atoms with Crippen LogP contribution in [0.1, 0.15) is 5.56 Å². The highest BCUT2D eigenvalue weighted by molar-refractivity contribution is 9.10. The summed E-state index contributed by atoms with van der Waals surface area (Å²) in [6.07, 6.45) is -4.48. The van der Waals surface area contributed by atoms with Crippen molar-refractivity contribution >= 4 is 31.6 Å². The summed E-state index contributed by atoms with van der Waals surface area (Å²) in [5.41, 5.74) is -0.655. The number of sulfonamides is 1. The molecule has 3 N–H and O–H groups in total. The minimum Gasteiger partial charge on any atom is -0.384 e. The molecule has 0 spiro atoms. The number of benzene rings is 1. The average Bonchev–Trinajstić information content (AvgIpc) is 2.17. The van der Waals surface area contributed by atoms with Crippen molar-refractivity contribution in [2.45, 2.75) is 6.18 Å². The molecule has 0 aliphatic rings. The Kier molecular flexibility index (Phi) is 4.62. The third-order valence-electron chi connectivity index (χ3n) is 1.99. The molecule has 18 heavy (non-hydrogen) atoms. The van der Waals surface area contributed by atoms with Crippen LogP contribution >= 0.6 is 15.9 Å². The van der Waals surface area contributed by atoms with Crippen molar-refractivity contribution in [1.82, 2.24) is 0 Å². The van der Waals surface area contributed by atoms with Crippen molar-refractivity contribution in [3.63, 3.8) is 0 Å². The first kappa shape index (κ1) is 15.3. The molecular formula is C9H10BrF3N2O2S. The summed E-state index contributed by atoms with van der Waals surface area (Å²) >= 11 is 2.80. The van der Waals surface area contributed by atoms with Gasteiger partial charge in [-0.2, -0.15) is 13.2 Å². The molecule has 0 unspecified atom stereocenters. The predicted molar refractivity (Wildman–Crippen MR) is 65.6 cm³/mol. The van der Waals surface area contributed by atoms with Gasteiger partial charge in [-0.05, 0) is 18.2 Å². The lowest BCUT2D eigenvalue weighted by Gasteiger charge is -2.12. The van der Waals surface area contributed by atoms with Crippen molar-refractivity contribution in [2.24, 2.45) is 5.14 Å². The second-order valence-electron chi connectivity index (χ2n) is 3.49. The Morgan fingerprint density at radius 3 is 2.44 bits per heavy atom. The molecule has 0 aliphatic heterocycles. The number of hydrogen-bond acceptors (Lipinski definition) is 3. The summed E-state index contributed by atoms with van der Waals surface area (Å²) in [4.78, 5) is 0. The van der Waals surface area contributed by atoms with Gasteiger partial charge in [-0.25, -0.2) is 13.6 Å². The lowest BCUT2D eigenvalue weighted by molar-refractivity contribution is -0.138. The number of anilines is 1. The summed E-state index contributed by atoms with van der Waals surface area (Å²) in [7, 11) is -3.63. The van der Waals surface area contributed by atoms with Crippen LogP contribution in [-0.2, 0) is 16.2 Å². The smallest absolute Gasteiger partial charge is 0.384 e. The van der Waals surface area contributed by atoms with Gasteiger partial charge in [0.25, 0.3) is 0 Å². The van der Waals surface area contributed by atoms with E-state index in [4.69, 9.17) is 5.14 Å². The normalized spacial score (nSPS) is 12.5. The Bertz CT molecular complexity index is 531. The van der Waals surface area contributed by atoms with Crippen LogP contribution in [0, 0.1) is 0 Å². The third-order valence-corrected chi connectivity index (χ3v) is 3.45. The Morgan fingerprint density at radius 1 is 1.33 bits per heavy atom. The zero-order valence-electron chi connectivity index (χ0n) is 8.96. The zero-order chi connectivity index (χ0) is 14.0. The monoisotopic (exact) mass is 346 g/mol. The molecule has 0 radical (unpaired) electrons. The number of alkyl halides is 3. The summed E-state index contributed by atoms with van der Waals surface area (Å²) in [6.45, 7) is -0.0578. The maximum atomic E-state index is 12.6. The molecule has 0 saturated carbocycles. The van der Waals surface area contributed by atoms with Gasteiger partial charge in [0.1, 0.15) is 0 Å². The molecule has 0 atom stereocenters. The van der Waals surface area contributed by atoms with Crippen LogP contribution in [0.25, 0.3) is 0 Å². The second kappa shape index (κ2) is 5.45. The van der Waals surface area contributed by atoms with Gasteiger partial charge in [0.2, 0.25) is 10.0 Å². The molecule has 102 valence electrons. The fourth-order valence-corrected chi connectivity index (χ4v) is 2.05. The first-order valence-corrected chi connectivity index (χ1v) is 7.21. The topological polar surface area (TPSA) is 72.2 Å². The summed E-state index contributed by atoms with van der Waals surface area (Å²) in [5, 5.41) is 7.33. The van der Waals surface area contributed by atoms with Crippen LogP contribution in [0.5, 0.6) is 0 Å². The van der Waals surface area contributed by atoms with Crippen molar-refractivity contribution in [3.05, 3.63) is 28.2 Å². The molecule has 0 heterocycles. The standard InChI is InChI=1S/C9H10BrF3N2O2S/c10-8-2-1-6(5-7(8)9(11,12)13)15-3-4-18(14,16)17/h1-2,5,15H,3-4H2,(H2,14,16,17). The van der Waals surface area contributed by atoms with Crippen LogP contribution in [-0.4, -0.2) is 20.7 Å². The van der Waals surface area contributed by atoms with E-state index >= 15 is 0 Å². The third kappa shape index (κ3) is 4.83. The molecule has 1 aromatic carbocycles. The van der Waals surface area contributed by atoms with E-state index in [9.17, 15) is 21.6 Å². The first-order valence-electron chi connectivity index (χ1n) is 4.71. The van der Waals surface area contributed by atoms with Gasteiger partial charge < -0.3 is 5.32 Å². The van der Waals surface area contributed by atoms with E-state index in [2.05, 4.69) is 21.2 Å². The minimum absolute atomic E-state index is 0.0578. The van der Waals surface area contributed by atoms with E-state index < -0.39 is 21.8 Å². The summed E-state index contributed by atoms with van der Waals surface area (Å²) < 4.78 is 58.9. The minimum atomic E-state index is -4.48. The Hall–Kier alpha value is -0.800. The van der Waals surface area contributed by atoms with Crippen LogP contribution in [0.3, 0.4) is 0 Å². The number of nitrogens with two attached hydrogens (primary N) is 1. The molecule has 0 aliphatic carbocycles. The molecule has 0 amide bonds. The summed E-state index contributed by atoms with van der Waals surface area (Å²) in [6, 6.07) is 3.54. The fraction of sp³-hybridized carbons (Fsp3) is 0.333. The van der Waals surface area contributed by atoms with Gasteiger partial charge in [-0.1, -0.05) is 15.9 Å². The van der Waals surface area contributed by atoms with Crippen LogP contribution in [0.4, 0.5) is 18.9 Å². The van der Waals surface area contributed by atoms with Gasteiger partial charge in [-0.15, -0.1) is 0 Å². The second-order valence-corrected chi connectivity index (χ2v) is 6.07. The Labute approximate surface area is 111 Å². The van der Waals surface area contributed by atoms with E-state index in [1.54, 1.807) is 0 Å². The first-order chi connectivity index (χ1) is 8.09. The maximum Gasteiger partial charge on any atom is 0.417 e. The number of hydrogen-bond donors (Lipinski definition) is 2. The van der Waals surface area contributed by atoms with Gasteiger partial charge in [-0.3, -0.25) is 0 Å². The highest BCUT2D eigenvalue weighted by Gasteiger charge is 2.33. The molecule has 1 aromatic rings. The SMILES string of the molecule is NS(=O)(=O)CCNc1ccc(Br)c(C(F)(F)F)c1. The highest BCUT2D eigenvalue weighted by atomic mass is 79.9. The maximum absolute atomic E-state index is 12.6. The Balaban J connectivity index is 2.80. The lowest BCUT2D eigenvalue weighted by Crippen LogP contribution is -2.22. The molecule has 0 aromatic heterocycles.